The first-order valence-electron chi connectivity index (χ1n) is 12.4. The molecular formula is C26H33Cl2N5O5. The van der Waals surface area contributed by atoms with E-state index in [1.807, 2.05) is 25.1 Å². The molecule has 10 nitrogen and oxygen atoms in total. The Kier molecular flexibility index (Phi) is 10.5. The Morgan fingerprint density at radius 3 is 2.39 bits per heavy atom. The number of rotatable bonds is 9. The summed E-state index contributed by atoms with van der Waals surface area (Å²) in [4.78, 5) is 39.3. The second-order valence-electron chi connectivity index (χ2n) is 9.10. The van der Waals surface area contributed by atoms with E-state index in [4.69, 9.17) is 26.8 Å². The van der Waals surface area contributed by atoms with Crippen LogP contribution in [-0.4, -0.2) is 65.0 Å². The van der Waals surface area contributed by atoms with E-state index in [-0.39, 0.29) is 30.6 Å². The van der Waals surface area contributed by atoms with E-state index in [0.29, 0.717) is 35.9 Å². The summed E-state index contributed by atoms with van der Waals surface area (Å²) in [6.45, 7) is 5.05. The molecule has 0 radical (unpaired) electrons. The van der Waals surface area contributed by atoms with Crippen molar-refractivity contribution in [2.75, 3.05) is 32.8 Å². The van der Waals surface area contributed by atoms with Crippen LogP contribution in [0.5, 0.6) is 5.75 Å². The van der Waals surface area contributed by atoms with Crippen LogP contribution in [-0.2, 0) is 11.3 Å². The molecule has 206 valence electrons. The van der Waals surface area contributed by atoms with Gasteiger partial charge in [0.05, 0.1) is 11.0 Å². The third-order valence-corrected chi connectivity index (χ3v) is 6.85. The lowest BCUT2D eigenvalue weighted by molar-refractivity contribution is 0.0368. The smallest absolute Gasteiger partial charge is 0.404 e. The molecule has 1 fully saturated rings. The number of nitrogens with one attached hydrogen (secondary N) is 1. The van der Waals surface area contributed by atoms with Crippen LogP contribution in [0.15, 0.2) is 53.3 Å². The van der Waals surface area contributed by atoms with Crippen LogP contribution in [0, 0.1) is 5.92 Å². The van der Waals surface area contributed by atoms with Crippen LogP contribution in [0.3, 0.4) is 0 Å². The first kappa shape index (κ1) is 29.3. The molecule has 0 spiro atoms. The number of aryl methyl sites for hydroxylation is 1. The molecule has 0 aliphatic carbocycles. The van der Waals surface area contributed by atoms with Gasteiger partial charge < -0.3 is 20.5 Å². The van der Waals surface area contributed by atoms with Crippen molar-refractivity contribution < 1.29 is 19.1 Å². The summed E-state index contributed by atoms with van der Waals surface area (Å²) in [7, 11) is 0. The largest absolute Gasteiger partial charge is 0.490 e. The molecule has 1 aliphatic rings. The van der Waals surface area contributed by atoms with Gasteiger partial charge in [0.2, 0.25) is 0 Å². The quantitative estimate of drug-likeness (QED) is 0.408. The van der Waals surface area contributed by atoms with Crippen molar-refractivity contribution in [1.82, 2.24) is 19.4 Å². The van der Waals surface area contributed by atoms with Gasteiger partial charge in [-0.25, -0.2) is 19.0 Å². The third kappa shape index (κ3) is 7.21. The number of carbonyl (C=O) groups is 2. The van der Waals surface area contributed by atoms with Crippen molar-refractivity contribution in [1.29, 1.82) is 0 Å². The maximum atomic E-state index is 12.9. The standard InChI is InChI=1S/C26H32ClN5O5.ClH/c1-2-31-22-5-3-4-6-23(22)32(26(31)35)25(34)29-15-18-11-13-30(14-12-18)16-21(37-24(28)33)17-36-20-9-7-19(27)8-10-20;/h3-10,18,21H,2,11-17H2,1H3,(H2,28,33)(H,29,34);1H. The number of primary amides is 1. The molecule has 1 aliphatic heterocycles. The number of para-hydroxylation sites is 2. The van der Waals surface area contributed by atoms with Crippen LogP contribution >= 0.6 is 24.0 Å². The average molecular weight is 566 g/mol. The number of ether oxygens (including phenoxy) is 2. The van der Waals surface area contributed by atoms with Gasteiger partial charge in [0.25, 0.3) is 0 Å². The van der Waals surface area contributed by atoms with Gasteiger partial charge in [-0.15, -0.1) is 12.4 Å². The molecule has 4 rings (SSSR count). The van der Waals surface area contributed by atoms with Crippen molar-refractivity contribution in [2.45, 2.75) is 32.4 Å². The second kappa shape index (κ2) is 13.5. The molecule has 1 atom stereocenters. The Morgan fingerprint density at radius 2 is 1.76 bits per heavy atom. The number of hydrogen-bond donors (Lipinski definition) is 2. The van der Waals surface area contributed by atoms with E-state index in [0.717, 1.165) is 31.4 Å². The van der Waals surface area contributed by atoms with Crippen molar-refractivity contribution in [3.05, 3.63) is 64.0 Å². The van der Waals surface area contributed by atoms with E-state index in [1.165, 1.54) is 4.57 Å². The molecule has 0 saturated carbocycles. The third-order valence-electron chi connectivity index (χ3n) is 6.60. The fraction of sp³-hybridized carbons (Fsp3) is 0.423. The van der Waals surface area contributed by atoms with Crippen molar-refractivity contribution in [2.24, 2.45) is 11.7 Å². The number of nitrogens with two attached hydrogens (primary N) is 1. The maximum absolute atomic E-state index is 12.9. The van der Waals surface area contributed by atoms with E-state index < -0.39 is 18.2 Å². The summed E-state index contributed by atoms with van der Waals surface area (Å²) in [6.07, 6.45) is 0.342. The minimum Gasteiger partial charge on any atom is -0.490 e. The van der Waals surface area contributed by atoms with E-state index >= 15 is 0 Å². The van der Waals surface area contributed by atoms with E-state index in [2.05, 4.69) is 10.2 Å². The lowest BCUT2D eigenvalue weighted by Gasteiger charge is -2.33. The summed E-state index contributed by atoms with van der Waals surface area (Å²) >= 11 is 5.90. The summed E-state index contributed by atoms with van der Waals surface area (Å²) in [5, 5.41) is 3.55. The van der Waals surface area contributed by atoms with Gasteiger partial charge in [-0.3, -0.25) is 9.47 Å². The molecule has 3 aromatic rings. The number of nitrogens with zero attached hydrogens (tertiary/aromatic N) is 3. The number of piperidine rings is 1. The summed E-state index contributed by atoms with van der Waals surface area (Å²) in [5.41, 5.74) is 6.27. The zero-order valence-electron chi connectivity index (χ0n) is 21.2. The molecule has 2 aromatic carbocycles. The van der Waals surface area contributed by atoms with E-state index in [9.17, 15) is 14.4 Å². The number of imidazole rings is 1. The molecule has 12 heteroatoms. The lowest BCUT2D eigenvalue weighted by Crippen LogP contribution is -2.45. The molecule has 0 bridgehead atoms. The molecule has 2 heterocycles. The first-order valence-corrected chi connectivity index (χ1v) is 12.8. The molecular weight excluding hydrogens is 533 g/mol. The summed E-state index contributed by atoms with van der Waals surface area (Å²) in [5.74, 6) is 0.898. The molecule has 2 amide bonds. The van der Waals surface area contributed by atoms with Crippen LogP contribution in [0.2, 0.25) is 5.02 Å². The minimum atomic E-state index is -0.845. The molecule has 1 unspecified atom stereocenters. The van der Waals surface area contributed by atoms with Gasteiger partial charge >= 0.3 is 17.8 Å². The normalized spacial score (nSPS) is 15.0. The second-order valence-corrected chi connectivity index (χ2v) is 9.54. The maximum Gasteiger partial charge on any atom is 0.404 e. The van der Waals surface area contributed by atoms with Gasteiger partial charge in [0.15, 0.2) is 6.10 Å². The number of aromatic nitrogens is 2. The Balaban J connectivity index is 0.00000400. The molecule has 3 N–H and O–H groups in total. The zero-order valence-corrected chi connectivity index (χ0v) is 22.7. The molecule has 1 saturated heterocycles. The topological polar surface area (TPSA) is 121 Å². The highest BCUT2D eigenvalue weighted by molar-refractivity contribution is 6.30. The van der Waals surface area contributed by atoms with Crippen LogP contribution in [0.4, 0.5) is 9.59 Å². The number of hydrogen-bond acceptors (Lipinski definition) is 6. The monoisotopic (exact) mass is 565 g/mol. The number of fused-ring (bicyclic) bond motifs is 1. The molecule has 38 heavy (non-hydrogen) atoms. The van der Waals surface area contributed by atoms with Crippen LogP contribution < -0.4 is 21.5 Å². The van der Waals surface area contributed by atoms with Gasteiger partial charge in [-0.1, -0.05) is 23.7 Å². The predicted molar refractivity (Wildman–Crippen MR) is 148 cm³/mol. The predicted octanol–water partition coefficient (Wildman–Crippen LogP) is 3.71. The SMILES string of the molecule is CCn1c(=O)n(C(=O)NCC2CCN(CC(COc3ccc(Cl)cc3)OC(N)=O)CC2)c2ccccc21.Cl. The Bertz CT molecular complexity index is 1290. The van der Waals surface area contributed by atoms with Crippen molar-refractivity contribution >= 4 is 47.2 Å². The molecule has 1 aromatic heterocycles. The van der Waals surface area contributed by atoms with Crippen molar-refractivity contribution in [3.63, 3.8) is 0 Å². The van der Waals surface area contributed by atoms with Crippen LogP contribution in [0.1, 0.15) is 19.8 Å². The van der Waals surface area contributed by atoms with Gasteiger partial charge in [-0.05, 0) is 75.2 Å². The number of likely N-dealkylation sites (tertiary alicyclic amines) is 1. The average Bonchev–Trinajstić information content (AvgIpc) is 3.18. The highest BCUT2D eigenvalue weighted by atomic mass is 35.5. The van der Waals surface area contributed by atoms with E-state index in [1.54, 1.807) is 34.9 Å². The first-order chi connectivity index (χ1) is 17.9. The van der Waals surface area contributed by atoms with Crippen molar-refractivity contribution in [3.8, 4) is 5.75 Å². The fourth-order valence-electron chi connectivity index (χ4n) is 4.69. The van der Waals surface area contributed by atoms with Crippen LogP contribution in [0.25, 0.3) is 11.0 Å². The summed E-state index contributed by atoms with van der Waals surface area (Å²) in [6, 6.07) is 13.8. The Hall–Kier alpha value is -3.21. The minimum absolute atomic E-state index is 0. The Labute approximate surface area is 232 Å². The summed E-state index contributed by atoms with van der Waals surface area (Å²) < 4.78 is 13.8. The number of carbonyl (C=O) groups excluding carboxylic acids is 2. The fourth-order valence-corrected chi connectivity index (χ4v) is 4.82. The van der Waals surface area contributed by atoms with Gasteiger partial charge in [-0.2, -0.15) is 0 Å². The van der Waals surface area contributed by atoms with Gasteiger partial charge in [0, 0.05) is 24.7 Å². The highest BCUT2D eigenvalue weighted by Crippen LogP contribution is 2.19. The number of halogens is 2. The zero-order chi connectivity index (χ0) is 26.4. The van der Waals surface area contributed by atoms with Gasteiger partial charge in [0.1, 0.15) is 12.4 Å². The lowest BCUT2D eigenvalue weighted by atomic mass is 9.96. The number of amides is 2. The highest BCUT2D eigenvalue weighted by Gasteiger charge is 2.25. The Morgan fingerprint density at radius 1 is 1.11 bits per heavy atom. The number of benzene rings is 2.